The summed E-state index contributed by atoms with van der Waals surface area (Å²) in [6.45, 7) is 0.786. The van der Waals surface area contributed by atoms with Gasteiger partial charge in [-0.3, -0.25) is 4.79 Å². The molecular formula is C13H17NO3. The van der Waals surface area contributed by atoms with Crippen molar-refractivity contribution in [2.24, 2.45) is 5.92 Å². The van der Waals surface area contributed by atoms with Gasteiger partial charge in [-0.2, -0.15) is 0 Å². The number of hydrogen-bond acceptors (Lipinski definition) is 4. The molecule has 1 aromatic carbocycles. The molecule has 1 saturated heterocycles. The van der Waals surface area contributed by atoms with E-state index in [1.165, 1.54) is 7.11 Å². The van der Waals surface area contributed by atoms with Crippen molar-refractivity contribution in [3.8, 4) is 5.75 Å². The third-order valence-electron chi connectivity index (χ3n) is 3.21. The normalized spacial score (nSPS) is 23.6. The number of esters is 1. The summed E-state index contributed by atoms with van der Waals surface area (Å²) in [5.74, 6) is 0.492. The highest BCUT2D eigenvalue weighted by molar-refractivity contribution is 5.76. The van der Waals surface area contributed by atoms with Gasteiger partial charge in [-0.15, -0.1) is 0 Å². The van der Waals surface area contributed by atoms with Crippen molar-refractivity contribution >= 4 is 5.97 Å². The lowest BCUT2D eigenvalue weighted by molar-refractivity contribution is -0.142. The number of aromatic hydroxyl groups is 1. The highest BCUT2D eigenvalue weighted by atomic mass is 16.5. The van der Waals surface area contributed by atoms with Gasteiger partial charge in [0.25, 0.3) is 0 Å². The molecular weight excluding hydrogens is 218 g/mol. The van der Waals surface area contributed by atoms with Crippen molar-refractivity contribution in [3.05, 3.63) is 29.8 Å². The first-order chi connectivity index (χ1) is 8.20. The molecule has 2 rings (SSSR count). The van der Waals surface area contributed by atoms with Gasteiger partial charge in [0, 0.05) is 0 Å². The van der Waals surface area contributed by atoms with E-state index >= 15 is 0 Å². The fourth-order valence-electron chi connectivity index (χ4n) is 2.28. The van der Waals surface area contributed by atoms with Crippen LogP contribution in [0.4, 0.5) is 0 Å². The molecule has 1 aliphatic rings. The van der Waals surface area contributed by atoms with E-state index in [1.807, 2.05) is 18.2 Å². The third kappa shape index (κ3) is 2.77. The number of phenols is 1. The molecule has 4 nitrogen and oxygen atoms in total. The van der Waals surface area contributed by atoms with Crippen LogP contribution in [0.2, 0.25) is 0 Å². The molecule has 2 N–H and O–H groups in total. The summed E-state index contributed by atoms with van der Waals surface area (Å²) in [7, 11) is 1.40. The van der Waals surface area contributed by atoms with Crippen LogP contribution in [0.3, 0.4) is 0 Å². The quantitative estimate of drug-likeness (QED) is 0.770. The van der Waals surface area contributed by atoms with Crippen molar-refractivity contribution < 1.29 is 14.6 Å². The molecule has 92 valence electrons. The zero-order chi connectivity index (χ0) is 12.3. The highest BCUT2D eigenvalue weighted by Gasteiger charge is 2.30. The number of carbonyl (C=O) groups is 1. The second kappa shape index (κ2) is 5.19. The van der Waals surface area contributed by atoms with E-state index in [-0.39, 0.29) is 12.0 Å². The molecule has 1 fully saturated rings. The Morgan fingerprint density at radius 3 is 3.00 bits per heavy atom. The Morgan fingerprint density at radius 2 is 2.29 bits per heavy atom. The van der Waals surface area contributed by atoms with Crippen LogP contribution < -0.4 is 5.32 Å². The number of nitrogens with one attached hydrogen (secondary N) is 1. The Morgan fingerprint density at radius 1 is 1.53 bits per heavy atom. The first kappa shape index (κ1) is 11.9. The zero-order valence-electron chi connectivity index (χ0n) is 9.85. The average Bonchev–Trinajstić information content (AvgIpc) is 2.80. The number of carbonyl (C=O) groups excluding carboxylic acids is 1. The van der Waals surface area contributed by atoms with E-state index in [0.29, 0.717) is 11.7 Å². The summed E-state index contributed by atoms with van der Waals surface area (Å²) in [5.41, 5.74) is 0.935. The lowest BCUT2D eigenvalue weighted by Crippen LogP contribution is -2.31. The largest absolute Gasteiger partial charge is 0.508 e. The van der Waals surface area contributed by atoms with Gasteiger partial charge in [-0.1, -0.05) is 18.2 Å². The zero-order valence-corrected chi connectivity index (χ0v) is 9.85. The lowest BCUT2D eigenvalue weighted by Gasteiger charge is -2.10. The molecule has 2 unspecified atom stereocenters. The number of phenolic OH excluding ortho intramolecular Hbond substituents is 1. The molecule has 0 spiro atoms. The Balaban J connectivity index is 1.94. The van der Waals surface area contributed by atoms with Gasteiger partial charge < -0.3 is 15.2 Å². The maximum Gasteiger partial charge on any atom is 0.322 e. The van der Waals surface area contributed by atoms with Crippen LogP contribution >= 0.6 is 0 Å². The lowest BCUT2D eigenvalue weighted by atomic mass is 9.96. The SMILES string of the molecule is COC(=O)C1CC(Cc2ccccc2O)CN1. The third-order valence-corrected chi connectivity index (χ3v) is 3.21. The van der Waals surface area contributed by atoms with Crippen molar-refractivity contribution in [2.45, 2.75) is 18.9 Å². The minimum absolute atomic E-state index is 0.198. The number of methoxy groups -OCH3 is 1. The molecule has 1 aliphatic heterocycles. The van der Waals surface area contributed by atoms with Crippen LogP contribution in [-0.2, 0) is 16.0 Å². The van der Waals surface area contributed by atoms with E-state index < -0.39 is 0 Å². The summed E-state index contributed by atoms with van der Waals surface area (Å²) in [6.07, 6.45) is 1.55. The van der Waals surface area contributed by atoms with E-state index in [2.05, 4.69) is 5.32 Å². The molecule has 0 aliphatic carbocycles. The number of ether oxygens (including phenoxy) is 1. The number of hydrogen-bond donors (Lipinski definition) is 2. The minimum Gasteiger partial charge on any atom is -0.508 e. The second-order valence-corrected chi connectivity index (χ2v) is 4.42. The predicted molar refractivity (Wildman–Crippen MR) is 63.7 cm³/mol. The van der Waals surface area contributed by atoms with Gasteiger partial charge in [0.15, 0.2) is 0 Å². The molecule has 0 saturated carbocycles. The Kier molecular flexibility index (Phi) is 3.64. The monoisotopic (exact) mass is 235 g/mol. The van der Waals surface area contributed by atoms with Gasteiger partial charge in [0.05, 0.1) is 7.11 Å². The van der Waals surface area contributed by atoms with Crippen molar-refractivity contribution in [2.75, 3.05) is 13.7 Å². The van der Waals surface area contributed by atoms with Gasteiger partial charge in [-0.25, -0.2) is 0 Å². The molecule has 0 aromatic heterocycles. The summed E-state index contributed by atoms with van der Waals surface area (Å²) in [4.78, 5) is 11.3. The Bertz CT molecular complexity index is 405. The standard InChI is InChI=1S/C13H17NO3/c1-17-13(16)11-7-9(8-14-11)6-10-4-2-3-5-12(10)15/h2-5,9,11,14-15H,6-8H2,1H3. The summed E-state index contributed by atoms with van der Waals surface area (Å²) < 4.78 is 4.71. The highest BCUT2D eigenvalue weighted by Crippen LogP contribution is 2.24. The van der Waals surface area contributed by atoms with E-state index in [4.69, 9.17) is 4.74 Å². The number of benzene rings is 1. The van der Waals surface area contributed by atoms with Crippen molar-refractivity contribution in [1.29, 1.82) is 0 Å². The van der Waals surface area contributed by atoms with Gasteiger partial charge in [0.1, 0.15) is 11.8 Å². The maximum absolute atomic E-state index is 11.3. The molecule has 2 atom stereocenters. The number of rotatable bonds is 3. The molecule has 1 heterocycles. The Hall–Kier alpha value is -1.55. The minimum atomic E-state index is -0.204. The van der Waals surface area contributed by atoms with E-state index in [1.54, 1.807) is 6.07 Å². The average molecular weight is 235 g/mol. The Labute approximate surface area is 101 Å². The fraction of sp³-hybridized carbons (Fsp3) is 0.462. The predicted octanol–water partition coefficient (Wildman–Crippen LogP) is 1.09. The first-order valence-corrected chi connectivity index (χ1v) is 5.78. The smallest absolute Gasteiger partial charge is 0.322 e. The number of para-hydroxylation sites is 1. The van der Waals surface area contributed by atoms with Crippen LogP contribution in [0.15, 0.2) is 24.3 Å². The molecule has 0 radical (unpaired) electrons. The molecule has 0 amide bonds. The van der Waals surface area contributed by atoms with Crippen molar-refractivity contribution in [3.63, 3.8) is 0 Å². The summed E-state index contributed by atoms with van der Waals surface area (Å²) in [5, 5.41) is 12.8. The first-order valence-electron chi connectivity index (χ1n) is 5.78. The molecule has 0 bridgehead atoms. The topological polar surface area (TPSA) is 58.6 Å². The van der Waals surface area contributed by atoms with Crippen LogP contribution in [0.1, 0.15) is 12.0 Å². The van der Waals surface area contributed by atoms with Crippen LogP contribution in [0.5, 0.6) is 5.75 Å². The fourth-order valence-corrected chi connectivity index (χ4v) is 2.28. The molecule has 17 heavy (non-hydrogen) atoms. The van der Waals surface area contributed by atoms with Crippen LogP contribution in [0, 0.1) is 5.92 Å². The van der Waals surface area contributed by atoms with Crippen molar-refractivity contribution in [1.82, 2.24) is 5.32 Å². The second-order valence-electron chi connectivity index (χ2n) is 4.42. The molecule has 1 aromatic rings. The van der Waals surface area contributed by atoms with E-state index in [0.717, 1.165) is 24.9 Å². The van der Waals surface area contributed by atoms with Gasteiger partial charge >= 0.3 is 5.97 Å². The van der Waals surface area contributed by atoms with Gasteiger partial charge in [-0.05, 0) is 36.9 Å². The maximum atomic E-state index is 11.3. The van der Waals surface area contributed by atoms with Crippen LogP contribution in [-0.4, -0.2) is 30.8 Å². The van der Waals surface area contributed by atoms with Crippen LogP contribution in [0.25, 0.3) is 0 Å². The molecule has 4 heteroatoms. The van der Waals surface area contributed by atoms with Gasteiger partial charge in [0.2, 0.25) is 0 Å². The van der Waals surface area contributed by atoms with E-state index in [9.17, 15) is 9.90 Å². The summed E-state index contributed by atoms with van der Waals surface area (Å²) >= 11 is 0. The summed E-state index contributed by atoms with van der Waals surface area (Å²) in [6, 6.07) is 7.13.